The summed E-state index contributed by atoms with van der Waals surface area (Å²) in [5.41, 5.74) is -0.957. The first-order chi connectivity index (χ1) is 11.5. The maximum atomic E-state index is 12.5. The highest BCUT2D eigenvalue weighted by molar-refractivity contribution is 9.10. The number of carbonyl (C=O) groups excluding carboxylic acids is 1. The van der Waals surface area contributed by atoms with Gasteiger partial charge in [-0.3, -0.25) is 19.3 Å². The van der Waals surface area contributed by atoms with Gasteiger partial charge >= 0.3 is 5.97 Å². The molecular weight excluding hydrogens is 382 g/mol. The second kappa shape index (κ2) is 6.00. The molecule has 0 atom stereocenters. The standard InChI is InChI=1S/C15H10BrN3O5/c1-2-24-15(21)9-7-17-13-12-8(5-6-18(13)14(9)20)10(16)3-4-11(12)19(22)23/h3-7H,2H2,1H3. The molecule has 2 aromatic heterocycles. The van der Waals surface area contributed by atoms with Crippen molar-refractivity contribution in [2.45, 2.75) is 6.92 Å². The number of nitrogens with zero attached hydrogens (tertiary/aromatic N) is 3. The highest BCUT2D eigenvalue weighted by atomic mass is 79.9. The average Bonchev–Trinajstić information content (AvgIpc) is 2.55. The molecule has 9 heteroatoms. The van der Waals surface area contributed by atoms with Crippen LogP contribution in [0.25, 0.3) is 16.4 Å². The maximum absolute atomic E-state index is 12.5. The third kappa shape index (κ3) is 2.42. The number of nitro benzene ring substituents is 1. The fourth-order valence-corrected chi connectivity index (χ4v) is 2.89. The monoisotopic (exact) mass is 391 g/mol. The summed E-state index contributed by atoms with van der Waals surface area (Å²) < 4.78 is 6.56. The third-order valence-electron chi connectivity index (χ3n) is 3.47. The number of hydrogen-bond acceptors (Lipinski definition) is 6. The van der Waals surface area contributed by atoms with Gasteiger partial charge in [0.2, 0.25) is 0 Å². The minimum Gasteiger partial charge on any atom is -0.462 e. The van der Waals surface area contributed by atoms with E-state index in [0.29, 0.717) is 9.86 Å². The van der Waals surface area contributed by atoms with Crippen LogP contribution in [0.3, 0.4) is 0 Å². The van der Waals surface area contributed by atoms with Gasteiger partial charge in [-0.15, -0.1) is 0 Å². The Kier molecular flexibility index (Phi) is 4.02. The van der Waals surface area contributed by atoms with Crippen LogP contribution in [0.5, 0.6) is 0 Å². The fourth-order valence-electron chi connectivity index (χ4n) is 2.42. The van der Waals surface area contributed by atoms with Crippen molar-refractivity contribution in [2.75, 3.05) is 6.61 Å². The zero-order chi connectivity index (χ0) is 17.4. The van der Waals surface area contributed by atoms with Crippen LogP contribution in [0.4, 0.5) is 5.69 Å². The molecule has 3 aromatic rings. The predicted octanol–water partition coefficient (Wildman–Crippen LogP) is 2.70. The van der Waals surface area contributed by atoms with Crippen molar-refractivity contribution < 1.29 is 14.5 Å². The molecule has 0 aliphatic rings. The normalized spacial score (nSPS) is 10.9. The largest absolute Gasteiger partial charge is 0.462 e. The first kappa shape index (κ1) is 16.1. The van der Waals surface area contributed by atoms with E-state index in [2.05, 4.69) is 20.9 Å². The summed E-state index contributed by atoms with van der Waals surface area (Å²) in [6.07, 6.45) is 2.50. The molecule has 0 spiro atoms. The van der Waals surface area contributed by atoms with Gasteiger partial charge in [-0.25, -0.2) is 9.78 Å². The van der Waals surface area contributed by atoms with Crippen molar-refractivity contribution in [1.82, 2.24) is 9.38 Å². The lowest BCUT2D eigenvalue weighted by molar-refractivity contribution is -0.383. The van der Waals surface area contributed by atoms with Gasteiger partial charge in [0.25, 0.3) is 11.2 Å². The molecule has 0 unspecified atom stereocenters. The van der Waals surface area contributed by atoms with Crippen molar-refractivity contribution in [2.24, 2.45) is 0 Å². The molecule has 0 saturated carbocycles. The van der Waals surface area contributed by atoms with E-state index in [4.69, 9.17) is 4.74 Å². The number of rotatable bonds is 3. The lowest BCUT2D eigenvalue weighted by Gasteiger charge is -2.08. The van der Waals surface area contributed by atoms with Crippen LogP contribution >= 0.6 is 15.9 Å². The van der Waals surface area contributed by atoms with Crippen molar-refractivity contribution >= 4 is 44.0 Å². The Balaban J connectivity index is 2.43. The number of non-ortho nitro benzene ring substituents is 1. The van der Waals surface area contributed by atoms with Gasteiger partial charge in [-0.05, 0) is 19.1 Å². The highest BCUT2D eigenvalue weighted by Gasteiger charge is 2.20. The van der Waals surface area contributed by atoms with Gasteiger partial charge in [-0.1, -0.05) is 15.9 Å². The van der Waals surface area contributed by atoms with E-state index in [1.54, 1.807) is 19.1 Å². The average molecular weight is 392 g/mol. The summed E-state index contributed by atoms with van der Waals surface area (Å²) >= 11 is 3.33. The lowest BCUT2D eigenvalue weighted by atomic mass is 10.1. The smallest absolute Gasteiger partial charge is 0.345 e. The molecule has 0 bridgehead atoms. The number of carbonyl (C=O) groups is 1. The number of ether oxygens (including phenoxy) is 1. The molecule has 0 fully saturated rings. The van der Waals surface area contributed by atoms with Crippen molar-refractivity contribution in [3.8, 4) is 0 Å². The van der Waals surface area contributed by atoms with Crippen LogP contribution in [-0.4, -0.2) is 26.9 Å². The fraction of sp³-hybridized carbons (Fsp3) is 0.133. The summed E-state index contributed by atoms with van der Waals surface area (Å²) in [4.78, 5) is 39.2. The van der Waals surface area contributed by atoms with Gasteiger partial charge in [0.15, 0.2) is 5.65 Å². The maximum Gasteiger partial charge on any atom is 0.345 e. The number of esters is 1. The molecule has 1 aromatic carbocycles. The first-order valence-corrected chi connectivity index (χ1v) is 7.69. The number of aromatic nitrogens is 2. The van der Waals surface area contributed by atoms with Crippen LogP contribution in [-0.2, 0) is 4.74 Å². The number of nitro groups is 1. The zero-order valence-corrected chi connectivity index (χ0v) is 13.9. The van der Waals surface area contributed by atoms with Gasteiger partial charge in [0.05, 0.1) is 11.5 Å². The Morgan fingerprint density at radius 2 is 2.17 bits per heavy atom. The first-order valence-electron chi connectivity index (χ1n) is 6.89. The molecule has 0 N–H and O–H groups in total. The third-order valence-corrected chi connectivity index (χ3v) is 4.16. The van der Waals surface area contributed by atoms with Gasteiger partial charge in [-0.2, -0.15) is 0 Å². The van der Waals surface area contributed by atoms with Crippen LogP contribution < -0.4 is 5.56 Å². The molecule has 0 saturated heterocycles. The van der Waals surface area contributed by atoms with Gasteiger partial charge in [0, 0.05) is 28.3 Å². The molecule has 122 valence electrons. The second-order valence-electron chi connectivity index (χ2n) is 4.82. The Morgan fingerprint density at radius 3 is 2.83 bits per heavy atom. The highest BCUT2D eigenvalue weighted by Crippen LogP contribution is 2.33. The van der Waals surface area contributed by atoms with Gasteiger partial charge < -0.3 is 4.74 Å². The van der Waals surface area contributed by atoms with Gasteiger partial charge in [0.1, 0.15) is 10.9 Å². The second-order valence-corrected chi connectivity index (χ2v) is 5.67. The number of fused-ring (bicyclic) bond motifs is 3. The molecule has 0 amide bonds. The SMILES string of the molecule is CCOC(=O)c1cnc2c3c([N+](=O)[O-])ccc(Br)c3ccn2c1=O. The van der Waals surface area contributed by atoms with E-state index >= 15 is 0 Å². The molecule has 3 rings (SSSR count). The van der Waals surface area contributed by atoms with E-state index in [9.17, 15) is 19.7 Å². The van der Waals surface area contributed by atoms with E-state index in [1.807, 2.05) is 0 Å². The summed E-state index contributed by atoms with van der Waals surface area (Å²) in [6, 6.07) is 4.44. The van der Waals surface area contributed by atoms with Crippen LogP contribution in [0.1, 0.15) is 17.3 Å². The predicted molar refractivity (Wildman–Crippen MR) is 89.3 cm³/mol. The molecular formula is C15H10BrN3O5. The quantitative estimate of drug-likeness (QED) is 0.294. The molecule has 0 aliphatic carbocycles. The summed E-state index contributed by atoms with van der Waals surface area (Å²) in [6.45, 7) is 1.75. The number of halogens is 1. The minimum atomic E-state index is -0.784. The Morgan fingerprint density at radius 1 is 1.42 bits per heavy atom. The number of pyridine rings is 1. The summed E-state index contributed by atoms with van der Waals surface area (Å²) in [7, 11) is 0. The molecule has 0 radical (unpaired) electrons. The molecule has 8 nitrogen and oxygen atoms in total. The summed E-state index contributed by atoms with van der Waals surface area (Å²) in [5.74, 6) is -0.784. The van der Waals surface area contributed by atoms with Crippen LogP contribution in [0.2, 0.25) is 0 Å². The number of hydrogen-bond donors (Lipinski definition) is 0. The van der Waals surface area contributed by atoms with E-state index < -0.39 is 16.5 Å². The Bertz CT molecular complexity index is 1060. The molecule has 24 heavy (non-hydrogen) atoms. The lowest BCUT2D eigenvalue weighted by Crippen LogP contribution is -2.24. The van der Waals surface area contributed by atoms with E-state index in [-0.39, 0.29) is 28.9 Å². The Labute approximate surface area is 143 Å². The minimum absolute atomic E-state index is 0.0959. The molecule has 2 heterocycles. The van der Waals surface area contributed by atoms with Crippen LogP contribution in [0, 0.1) is 10.1 Å². The van der Waals surface area contributed by atoms with Crippen molar-refractivity contribution in [1.29, 1.82) is 0 Å². The zero-order valence-electron chi connectivity index (χ0n) is 12.4. The van der Waals surface area contributed by atoms with E-state index in [1.165, 1.54) is 12.3 Å². The Hall–Kier alpha value is -2.81. The topological polar surface area (TPSA) is 104 Å². The van der Waals surface area contributed by atoms with Crippen LogP contribution in [0.15, 0.2) is 39.9 Å². The number of benzene rings is 1. The van der Waals surface area contributed by atoms with Crippen molar-refractivity contribution in [3.63, 3.8) is 0 Å². The summed E-state index contributed by atoms with van der Waals surface area (Å²) in [5, 5.41) is 12.1. The van der Waals surface area contributed by atoms with E-state index in [0.717, 1.165) is 10.6 Å². The molecule has 0 aliphatic heterocycles. The van der Waals surface area contributed by atoms with Crippen molar-refractivity contribution in [3.05, 3.63) is 61.1 Å².